The molecule has 1 aromatic rings. The van der Waals surface area contributed by atoms with Crippen LogP contribution in [0.2, 0.25) is 0 Å². The molecule has 4 bridgehead atoms. The number of anilines is 2. The zero-order valence-electron chi connectivity index (χ0n) is 19.2. The van der Waals surface area contributed by atoms with E-state index >= 15 is 0 Å². The summed E-state index contributed by atoms with van der Waals surface area (Å²) in [4.78, 5) is 40.7. The molecule has 32 heavy (non-hydrogen) atoms. The van der Waals surface area contributed by atoms with Gasteiger partial charge in [0.15, 0.2) is 0 Å². The van der Waals surface area contributed by atoms with Gasteiger partial charge < -0.3 is 15.5 Å². The number of nitrogens with zero attached hydrogens (tertiary/aromatic N) is 1. The van der Waals surface area contributed by atoms with Crippen LogP contribution >= 0.6 is 0 Å². The van der Waals surface area contributed by atoms with Gasteiger partial charge in [0.1, 0.15) is 6.04 Å². The fourth-order valence-corrected chi connectivity index (χ4v) is 7.11. The van der Waals surface area contributed by atoms with Crippen molar-refractivity contribution in [2.45, 2.75) is 71.3 Å². The molecule has 3 amide bonds. The molecule has 1 atom stereocenters. The number of benzene rings is 1. The fraction of sp³-hybridized carbons (Fsp3) is 0.654. The van der Waals surface area contributed by atoms with E-state index < -0.39 is 0 Å². The zero-order chi connectivity index (χ0) is 22.5. The molecular formula is C26H35N3O3. The zero-order valence-corrected chi connectivity index (χ0v) is 19.2. The Kier molecular flexibility index (Phi) is 5.50. The molecule has 1 saturated heterocycles. The Morgan fingerprint density at radius 3 is 1.97 bits per heavy atom. The lowest BCUT2D eigenvalue weighted by molar-refractivity contribution is -0.160. The van der Waals surface area contributed by atoms with E-state index in [0.29, 0.717) is 17.9 Å². The molecule has 2 N–H and O–H groups in total. The third kappa shape index (κ3) is 3.93. The first-order valence-electron chi connectivity index (χ1n) is 12.4. The molecule has 6 rings (SSSR count). The lowest BCUT2D eigenvalue weighted by atomic mass is 9.49. The first-order valence-corrected chi connectivity index (χ1v) is 12.4. The quantitative estimate of drug-likeness (QED) is 0.715. The van der Waals surface area contributed by atoms with Crippen molar-refractivity contribution in [3.8, 4) is 0 Å². The molecule has 0 aromatic heterocycles. The number of hydrogen-bond donors (Lipinski definition) is 2. The Bertz CT molecular complexity index is 872. The van der Waals surface area contributed by atoms with Crippen LogP contribution in [0.5, 0.6) is 0 Å². The van der Waals surface area contributed by atoms with Crippen LogP contribution in [-0.4, -0.2) is 35.2 Å². The van der Waals surface area contributed by atoms with Gasteiger partial charge in [-0.05, 0) is 93.4 Å². The molecule has 4 saturated carbocycles. The predicted molar refractivity (Wildman–Crippen MR) is 124 cm³/mol. The molecule has 0 radical (unpaired) electrons. The second-order valence-corrected chi connectivity index (χ2v) is 11.1. The second-order valence-electron chi connectivity index (χ2n) is 11.1. The van der Waals surface area contributed by atoms with Crippen molar-refractivity contribution in [3.63, 3.8) is 0 Å². The minimum Gasteiger partial charge on any atom is -0.330 e. The molecule has 1 unspecified atom stereocenters. The molecule has 5 fully saturated rings. The van der Waals surface area contributed by atoms with Crippen molar-refractivity contribution >= 4 is 29.1 Å². The van der Waals surface area contributed by atoms with Crippen LogP contribution in [0, 0.1) is 29.1 Å². The molecule has 4 aliphatic carbocycles. The first-order chi connectivity index (χ1) is 15.3. The lowest BCUT2D eigenvalue weighted by Crippen LogP contribution is -2.56. The van der Waals surface area contributed by atoms with E-state index in [1.807, 2.05) is 18.7 Å². The largest absolute Gasteiger partial charge is 0.330 e. The van der Waals surface area contributed by atoms with Crippen molar-refractivity contribution in [3.05, 3.63) is 24.3 Å². The minimum absolute atomic E-state index is 0.0356. The van der Waals surface area contributed by atoms with Crippen LogP contribution in [0.4, 0.5) is 11.4 Å². The van der Waals surface area contributed by atoms with E-state index in [9.17, 15) is 14.4 Å². The Balaban J connectivity index is 1.24. The summed E-state index contributed by atoms with van der Waals surface area (Å²) in [7, 11) is 0. The van der Waals surface area contributed by atoms with Gasteiger partial charge in [0.25, 0.3) is 0 Å². The number of hydrogen-bond acceptors (Lipinski definition) is 3. The number of nitrogens with one attached hydrogen (secondary N) is 2. The molecule has 1 heterocycles. The van der Waals surface area contributed by atoms with Crippen LogP contribution < -0.4 is 10.6 Å². The van der Waals surface area contributed by atoms with E-state index in [4.69, 9.17) is 0 Å². The summed E-state index contributed by atoms with van der Waals surface area (Å²) in [5.74, 6) is 2.18. The van der Waals surface area contributed by atoms with Gasteiger partial charge in [0.2, 0.25) is 17.7 Å². The minimum atomic E-state index is -0.379. The molecular weight excluding hydrogens is 402 g/mol. The number of amides is 3. The van der Waals surface area contributed by atoms with E-state index in [1.165, 1.54) is 19.3 Å². The Morgan fingerprint density at radius 1 is 0.906 bits per heavy atom. The topological polar surface area (TPSA) is 78.5 Å². The molecule has 172 valence electrons. The van der Waals surface area contributed by atoms with Crippen LogP contribution in [0.3, 0.4) is 0 Å². The number of carbonyl (C=O) groups is 3. The Labute approximate surface area is 190 Å². The summed E-state index contributed by atoms with van der Waals surface area (Å²) < 4.78 is 0. The van der Waals surface area contributed by atoms with Crippen molar-refractivity contribution in [1.29, 1.82) is 0 Å². The van der Waals surface area contributed by atoms with Gasteiger partial charge in [-0.15, -0.1) is 0 Å². The van der Waals surface area contributed by atoms with Gasteiger partial charge in [0, 0.05) is 23.8 Å². The summed E-state index contributed by atoms with van der Waals surface area (Å²) in [5, 5.41) is 5.86. The number of likely N-dealkylation sites (tertiary alicyclic amines) is 1. The summed E-state index contributed by atoms with van der Waals surface area (Å²) in [5.41, 5.74) is 1.20. The molecule has 6 heteroatoms. The van der Waals surface area contributed by atoms with E-state index in [1.54, 1.807) is 24.3 Å². The SMILES string of the molecule is CC(C)C(=O)Nc1ccc(NC(=O)C2CCCN2C(=O)C23CC4CC(CC(C4)C2)C3)cc1. The number of carbonyl (C=O) groups excluding carboxylic acids is 3. The normalized spacial score (nSPS) is 32.9. The smallest absolute Gasteiger partial charge is 0.247 e. The van der Waals surface area contributed by atoms with E-state index in [-0.39, 0.29) is 35.1 Å². The summed E-state index contributed by atoms with van der Waals surface area (Å²) in [6.45, 7) is 4.39. The van der Waals surface area contributed by atoms with E-state index in [2.05, 4.69) is 10.6 Å². The Morgan fingerprint density at radius 2 is 1.44 bits per heavy atom. The third-order valence-corrected chi connectivity index (χ3v) is 8.25. The highest BCUT2D eigenvalue weighted by atomic mass is 16.2. The van der Waals surface area contributed by atoms with Crippen molar-refractivity contribution in [1.82, 2.24) is 4.90 Å². The Hall–Kier alpha value is -2.37. The molecule has 6 nitrogen and oxygen atoms in total. The molecule has 5 aliphatic rings. The van der Waals surface area contributed by atoms with Gasteiger partial charge in [0.05, 0.1) is 5.41 Å². The van der Waals surface area contributed by atoms with Crippen LogP contribution in [-0.2, 0) is 14.4 Å². The highest BCUT2D eigenvalue weighted by Crippen LogP contribution is 2.60. The van der Waals surface area contributed by atoms with Gasteiger partial charge in [-0.2, -0.15) is 0 Å². The predicted octanol–water partition coefficient (Wildman–Crippen LogP) is 4.43. The van der Waals surface area contributed by atoms with Crippen LogP contribution in [0.15, 0.2) is 24.3 Å². The average molecular weight is 438 g/mol. The molecule has 0 spiro atoms. The summed E-state index contributed by atoms with van der Waals surface area (Å²) in [6.07, 6.45) is 8.64. The highest BCUT2D eigenvalue weighted by Gasteiger charge is 2.56. The standard InChI is InChI=1S/C26H35N3O3/c1-16(2)23(30)27-20-5-7-21(8-6-20)28-24(31)22-4-3-9-29(22)25(32)26-13-17-10-18(14-26)12-19(11-17)15-26/h5-8,16-19,22H,3-4,9-15H2,1-2H3,(H,27,30)(H,28,31). The van der Waals surface area contributed by atoms with Gasteiger partial charge in [-0.3, -0.25) is 14.4 Å². The summed E-state index contributed by atoms with van der Waals surface area (Å²) >= 11 is 0. The van der Waals surface area contributed by atoms with Crippen molar-refractivity contribution < 1.29 is 14.4 Å². The number of rotatable bonds is 5. The maximum absolute atomic E-state index is 13.8. The lowest BCUT2D eigenvalue weighted by Gasteiger charge is -2.56. The monoisotopic (exact) mass is 437 g/mol. The van der Waals surface area contributed by atoms with Crippen LogP contribution in [0.25, 0.3) is 0 Å². The van der Waals surface area contributed by atoms with Crippen molar-refractivity contribution in [2.75, 3.05) is 17.2 Å². The molecule has 1 aromatic carbocycles. The van der Waals surface area contributed by atoms with Gasteiger partial charge in [-0.25, -0.2) is 0 Å². The summed E-state index contributed by atoms with van der Waals surface area (Å²) in [6, 6.07) is 6.81. The van der Waals surface area contributed by atoms with Crippen molar-refractivity contribution in [2.24, 2.45) is 29.1 Å². The first kappa shape index (κ1) is 21.5. The van der Waals surface area contributed by atoms with Crippen LogP contribution in [0.1, 0.15) is 65.2 Å². The molecule has 1 aliphatic heterocycles. The van der Waals surface area contributed by atoms with Gasteiger partial charge in [-0.1, -0.05) is 13.8 Å². The van der Waals surface area contributed by atoms with E-state index in [0.717, 1.165) is 49.9 Å². The maximum Gasteiger partial charge on any atom is 0.247 e. The maximum atomic E-state index is 13.8. The van der Waals surface area contributed by atoms with Gasteiger partial charge >= 0.3 is 0 Å². The fourth-order valence-electron chi connectivity index (χ4n) is 7.11. The highest BCUT2D eigenvalue weighted by molar-refractivity contribution is 5.99. The third-order valence-electron chi connectivity index (χ3n) is 8.25. The average Bonchev–Trinajstić information content (AvgIpc) is 3.23. The second kappa shape index (κ2) is 8.20.